The minimum Gasteiger partial charge on any atom is -0.336 e. The number of aliphatic imine (C=N–C) groups is 1. The van der Waals surface area contributed by atoms with Crippen LogP contribution in [0.15, 0.2) is 4.99 Å². The molecule has 0 aliphatic rings. The maximum absolute atomic E-state index is 10.8. The van der Waals surface area contributed by atoms with Crippen LogP contribution in [0.4, 0.5) is 4.79 Å². The molecule has 0 bridgehead atoms. The fourth-order valence-electron chi connectivity index (χ4n) is 0.448. The van der Waals surface area contributed by atoms with Crippen molar-refractivity contribution in [3.05, 3.63) is 0 Å². The molecule has 0 atom stereocenters. The molecule has 0 aromatic heterocycles. The van der Waals surface area contributed by atoms with E-state index in [9.17, 15) is 9.36 Å². The van der Waals surface area contributed by atoms with Crippen LogP contribution < -0.4 is 5.32 Å². The third-order valence-electron chi connectivity index (χ3n) is 0.870. The lowest BCUT2D eigenvalue weighted by Crippen LogP contribution is -2.19. The molecule has 96 valence electrons. The molecule has 4 nitrogen and oxygen atoms in total. The van der Waals surface area contributed by atoms with Gasteiger partial charge in [0, 0.05) is 6.54 Å². The molecule has 0 unspecified atom stereocenters. The Hall–Kier alpha value is 0.940. The van der Waals surface area contributed by atoms with Gasteiger partial charge in [0.1, 0.15) is 4.38 Å². The number of hydrogen-bond acceptors (Lipinski definition) is 4. The molecule has 0 heterocycles. The van der Waals surface area contributed by atoms with E-state index in [-0.39, 0.29) is 6.03 Å². The SMILES string of the molecule is CCNC(=O)N=C(SC)SC.O=P(Cl)(Cl)Cl. The topological polar surface area (TPSA) is 58.5 Å². The summed E-state index contributed by atoms with van der Waals surface area (Å²) in [6.07, 6.45) is 3.79. The van der Waals surface area contributed by atoms with Crippen LogP contribution in [0.3, 0.4) is 0 Å². The van der Waals surface area contributed by atoms with E-state index in [1.165, 1.54) is 23.5 Å². The number of rotatable bonds is 1. The number of urea groups is 1. The third-order valence-corrected chi connectivity index (χ3v) is 2.75. The van der Waals surface area contributed by atoms with Crippen LogP contribution in [0.5, 0.6) is 0 Å². The van der Waals surface area contributed by atoms with E-state index in [2.05, 4.69) is 44.0 Å². The normalized spacial score (nSPS) is 9.88. The standard InChI is InChI=1S/C6H12N2OS2.Cl3OP/c1-4-7-5(9)8-6(10-2)11-3;1-5(2,3)4/h4H2,1-3H3,(H,7,9);. The van der Waals surface area contributed by atoms with Gasteiger partial charge in [0.25, 0.3) is 0 Å². The van der Waals surface area contributed by atoms with Gasteiger partial charge < -0.3 is 5.32 Å². The highest BCUT2D eigenvalue weighted by atomic mass is 36.0. The largest absolute Gasteiger partial charge is 0.342 e. The second kappa shape index (κ2) is 11.1. The summed E-state index contributed by atoms with van der Waals surface area (Å²) >= 11 is 16.8. The lowest BCUT2D eigenvalue weighted by atomic mass is 10.7. The highest BCUT2D eigenvalue weighted by molar-refractivity contribution is 8.38. The summed E-state index contributed by atoms with van der Waals surface area (Å²) in [4.78, 5) is 14.6. The molecule has 2 amide bonds. The molecule has 0 spiro atoms. The second-order valence-electron chi connectivity index (χ2n) is 2.02. The van der Waals surface area contributed by atoms with Crippen molar-refractivity contribution in [2.24, 2.45) is 4.99 Å². The summed E-state index contributed by atoms with van der Waals surface area (Å²) in [5.41, 5.74) is 0. The van der Waals surface area contributed by atoms with Gasteiger partial charge in [-0.1, -0.05) is 0 Å². The van der Waals surface area contributed by atoms with Crippen molar-refractivity contribution in [3.63, 3.8) is 0 Å². The van der Waals surface area contributed by atoms with Gasteiger partial charge in [-0.2, -0.15) is 4.99 Å². The quantitative estimate of drug-likeness (QED) is 0.428. The van der Waals surface area contributed by atoms with Crippen LogP contribution >= 0.6 is 62.4 Å². The van der Waals surface area contributed by atoms with Gasteiger partial charge in [0.05, 0.1) is 0 Å². The summed E-state index contributed by atoms with van der Waals surface area (Å²) in [6.45, 7) is 2.49. The molecule has 0 aliphatic carbocycles. The Labute approximate surface area is 118 Å². The Morgan fingerprint density at radius 3 is 1.94 bits per heavy atom. The zero-order valence-electron chi connectivity index (χ0n) is 8.87. The highest BCUT2D eigenvalue weighted by Crippen LogP contribution is 2.61. The van der Waals surface area contributed by atoms with Crippen LogP contribution in [-0.2, 0) is 4.57 Å². The van der Waals surface area contributed by atoms with Crippen molar-refractivity contribution in [1.82, 2.24) is 5.32 Å². The smallest absolute Gasteiger partial charge is 0.336 e. The van der Waals surface area contributed by atoms with Crippen LogP contribution in [0.1, 0.15) is 6.92 Å². The summed E-state index contributed by atoms with van der Waals surface area (Å²) in [7, 11) is 0. The van der Waals surface area contributed by atoms with E-state index in [0.717, 1.165) is 4.38 Å². The Bertz CT molecular complexity index is 271. The minimum atomic E-state index is -3.22. The van der Waals surface area contributed by atoms with E-state index in [1.807, 2.05) is 19.4 Å². The molecule has 0 aromatic rings. The van der Waals surface area contributed by atoms with Crippen molar-refractivity contribution in [2.45, 2.75) is 6.92 Å². The molecular weight excluding hydrogens is 334 g/mol. The third kappa shape index (κ3) is 20.4. The number of amides is 2. The fraction of sp³-hybridized carbons (Fsp3) is 0.667. The molecule has 1 N–H and O–H groups in total. The van der Waals surface area contributed by atoms with E-state index in [0.29, 0.717) is 6.54 Å². The number of nitrogens with zero attached hydrogens (tertiary/aromatic N) is 1. The fourth-order valence-corrected chi connectivity index (χ4v) is 1.46. The van der Waals surface area contributed by atoms with Crippen molar-refractivity contribution >= 4 is 72.9 Å². The number of nitrogens with one attached hydrogen (secondary N) is 1. The average Bonchev–Trinajstić information content (AvgIpc) is 2.12. The van der Waals surface area contributed by atoms with Gasteiger partial charge in [0.2, 0.25) is 0 Å². The Morgan fingerprint density at radius 2 is 1.69 bits per heavy atom. The molecule has 0 aliphatic heterocycles. The Balaban J connectivity index is 0. The van der Waals surface area contributed by atoms with Gasteiger partial charge in [-0.05, 0) is 53.2 Å². The van der Waals surface area contributed by atoms with Crippen LogP contribution in [0, 0.1) is 0 Å². The average molecular weight is 346 g/mol. The van der Waals surface area contributed by atoms with E-state index < -0.39 is 5.20 Å². The summed E-state index contributed by atoms with van der Waals surface area (Å²) < 4.78 is 10.3. The van der Waals surface area contributed by atoms with Crippen molar-refractivity contribution in [1.29, 1.82) is 0 Å². The van der Waals surface area contributed by atoms with E-state index >= 15 is 0 Å². The van der Waals surface area contributed by atoms with Crippen LogP contribution in [0.25, 0.3) is 0 Å². The second-order valence-corrected chi connectivity index (χ2v) is 10.5. The van der Waals surface area contributed by atoms with Crippen molar-refractivity contribution in [2.75, 3.05) is 19.1 Å². The van der Waals surface area contributed by atoms with Crippen molar-refractivity contribution < 1.29 is 9.36 Å². The molecule has 0 radical (unpaired) electrons. The summed E-state index contributed by atoms with van der Waals surface area (Å²) in [5, 5.41) is -0.631. The molecule has 0 aromatic carbocycles. The summed E-state index contributed by atoms with van der Waals surface area (Å²) in [5.74, 6) is 0. The number of thioether (sulfide) groups is 2. The lowest BCUT2D eigenvalue weighted by Gasteiger charge is -1.97. The first-order chi connectivity index (χ1) is 7.24. The predicted molar refractivity (Wildman–Crippen MR) is 78.7 cm³/mol. The van der Waals surface area contributed by atoms with Crippen LogP contribution in [-0.4, -0.2) is 29.5 Å². The number of hydrogen-bond donors (Lipinski definition) is 1. The molecule has 0 saturated carbocycles. The first-order valence-corrected chi connectivity index (χ1v) is 10.7. The number of carbonyl (C=O) groups excluding carboxylic acids is 1. The monoisotopic (exact) mass is 344 g/mol. The van der Waals surface area contributed by atoms with Gasteiger partial charge in [-0.3, -0.25) is 4.57 Å². The van der Waals surface area contributed by atoms with Gasteiger partial charge in [-0.25, -0.2) is 4.79 Å². The molecule has 0 fully saturated rings. The maximum Gasteiger partial charge on any atom is 0.342 e. The van der Waals surface area contributed by atoms with E-state index in [4.69, 9.17) is 0 Å². The first-order valence-electron chi connectivity index (χ1n) is 3.88. The zero-order valence-corrected chi connectivity index (χ0v) is 13.7. The molecule has 0 saturated heterocycles. The molecule has 16 heavy (non-hydrogen) atoms. The Morgan fingerprint density at radius 1 is 1.31 bits per heavy atom. The van der Waals surface area contributed by atoms with Gasteiger partial charge in [0.15, 0.2) is 0 Å². The lowest BCUT2D eigenvalue weighted by molar-refractivity contribution is 0.250. The van der Waals surface area contributed by atoms with Crippen molar-refractivity contribution in [3.8, 4) is 0 Å². The Kier molecular flexibility index (Phi) is 13.3. The molecule has 0 rings (SSSR count). The van der Waals surface area contributed by atoms with Gasteiger partial charge in [-0.15, -0.1) is 23.5 Å². The predicted octanol–water partition coefficient (Wildman–Crippen LogP) is 4.61. The first kappa shape index (κ1) is 19.3. The minimum absolute atomic E-state index is 0.258. The number of carbonyl (C=O) groups is 1. The highest BCUT2D eigenvalue weighted by Gasteiger charge is 2.03. The zero-order chi connectivity index (χ0) is 13.2. The summed E-state index contributed by atoms with van der Waals surface area (Å²) in [6, 6.07) is -0.258. The van der Waals surface area contributed by atoms with E-state index in [1.54, 1.807) is 0 Å². The molecule has 10 heteroatoms. The molecular formula is C6H12Cl3N2O2PS2. The number of halogens is 3. The van der Waals surface area contributed by atoms with Gasteiger partial charge >= 0.3 is 11.2 Å². The van der Waals surface area contributed by atoms with Crippen LogP contribution in [0.2, 0.25) is 0 Å². The maximum atomic E-state index is 10.8.